The van der Waals surface area contributed by atoms with Gasteiger partial charge in [0.15, 0.2) is 0 Å². The highest BCUT2D eigenvalue weighted by molar-refractivity contribution is 4.90. The molecule has 2 saturated carbocycles. The van der Waals surface area contributed by atoms with E-state index in [-0.39, 0.29) is 0 Å². The molecule has 0 aliphatic heterocycles. The van der Waals surface area contributed by atoms with Crippen molar-refractivity contribution >= 4 is 0 Å². The first-order valence-corrected chi connectivity index (χ1v) is 9.63. The van der Waals surface area contributed by atoms with Gasteiger partial charge in [-0.1, -0.05) is 78.6 Å². The summed E-state index contributed by atoms with van der Waals surface area (Å²) in [5.74, 6) is 1.11. The number of rotatable bonds is 5. The fourth-order valence-electron chi connectivity index (χ4n) is 4.56. The van der Waals surface area contributed by atoms with Gasteiger partial charge in [-0.05, 0) is 43.4 Å². The Morgan fingerprint density at radius 2 is 1.38 bits per heavy atom. The predicted octanol–water partition coefficient (Wildman–Crippen LogP) is 7.26. The summed E-state index contributed by atoms with van der Waals surface area (Å²) in [4.78, 5) is 0. The summed E-state index contributed by atoms with van der Waals surface area (Å²) < 4.78 is 0. The molecule has 0 unspecified atom stereocenters. The van der Waals surface area contributed by atoms with E-state index >= 15 is 0 Å². The fraction of sp³-hybridized carbons (Fsp3) is 0.950. The van der Waals surface area contributed by atoms with Crippen LogP contribution in [-0.4, -0.2) is 0 Å². The molecule has 2 aliphatic carbocycles. The second-order valence-corrected chi connectivity index (χ2v) is 6.72. The van der Waals surface area contributed by atoms with Crippen LogP contribution in [0.4, 0.5) is 0 Å². The Morgan fingerprint density at radius 3 is 1.90 bits per heavy atom. The van der Waals surface area contributed by atoms with Crippen molar-refractivity contribution in [2.75, 3.05) is 0 Å². The van der Waals surface area contributed by atoms with Crippen molar-refractivity contribution in [3.63, 3.8) is 0 Å². The highest BCUT2D eigenvalue weighted by atomic mass is 14.4. The van der Waals surface area contributed by atoms with Gasteiger partial charge in [0, 0.05) is 6.57 Å². The van der Waals surface area contributed by atoms with Gasteiger partial charge in [-0.25, -0.2) is 5.26 Å². The first-order chi connectivity index (χ1) is 10.4. The first-order valence-electron chi connectivity index (χ1n) is 9.63. The minimum Gasteiger partial charge on any atom is -0.202 e. The molecule has 0 heterocycles. The maximum absolute atomic E-state index is 6.50. The van der Waals surface area contributed by atoms with E-state index in [1.165, 1.54) is 57.8 Å². The van der Waals surface area contributed by atoms with Crippen molar-refractivity contribution < 1.29 is 0 Å². The summed E-state index contributed by atoms with van der Waals surface area (Å²) in [6.45, 7) is 9.84. The quantitative estimate of drug-likeness (QED) is 0.489. The van der Waals surface area contributed by atoms with Gasteiger partial charge in [-0.2, -0.15) is 0 Å². The molecule has 0 amide bonds. The monoisotopic (exact) mass is 293 g/mol. The Bertz CT molecular complexity index is 231. The molecule has 21 heavy (non-hydrogen) atoms. The largest absolute Gasteiger partial charge is 0.202 e. The molecule has 0 radical (unpaired) electrons. The smallest absolute Gasteiger partial charge is 0.0462 e. The zero-order chi connectivity index (χ0) is 16.0. The van der Waals surface area contributed by atoms with Crippen molar-refractivity contribution in [1.29, 1.82) is 5.26 Å². The summed E-state index contributed by atoms with van der Waals surface area (Å²) in [5, 5.41) is 6.50. The third kappa shape index (κ3) is 6.86. The second-order valence-electron chi connectivity index (χ2n) is 6.72. The van der Waals surface area contributed by atoms with E-state index in [0.29, 0.717) is 0 Å². The third-order valence-electron chi connectivity index (χ3n) is 5.60. The molecule has 0 aromatic heterocycles. The van der Waals surface area contributed by atoms with Crippen LogP contribution < -0.4 is 0 Å². The molecule has 2 rings (SSSR count). The molecular formula is C20H39N. The molecule has 2 fully saturated rings. The van der Waals surface area contributed by atoms with Crippen LogP contribution in [0.1, 0.15) is 111 Å². The second kappa shape index (κ2) is 13.2. The standard InChI is InChI=1S/C17H32.C2H6.CHN/c1-2-3-8-13-17(14-9-5-10-15-17)16-11-6-4-7-12-16;2*1-2/h16H,2-15H2,1H3;1-2H3;1H. The summed E-state index contributed by atoms with van der Waals surface area (Å²) in [6, 6.07) is 0. The molecule has 0 N–H and O–H groups in total. The molecule has 0 saturated heterocycles. The van der Waals surface area contributed by atoms with E-state index in [1.54, 1.807) is 32.1 Å². The van der Waals surface area contributed by atoms with E-state index in [2.05, 4.69) is 13.5 Å². The highest BCUT2D eigenvalue weighted by Crippen LogP contribution is 2.51. The van der Waals surface area contributed by atoms with Crippen LogP contribution >= 0.6 is 0 Å². The lowest BCUT2D eigenvalue weighted by molar-refractivity contribution is 0.0547. The van der Waals surface area contributed by atoms with Crippen LogP contribution in [0.3, 0.4) is 0 Å². The molecule has 0 atom stereocenters. The molecule has 124 valence electrons. The Balaban J connectivity index is 0.000000921. The highest BCUT2D eigenvalue weighted by Gasteiger charge is 2.39. The van der Waals surface area contributed by atoms with Crippen molar-refractivity contribution in [2.45, 2.75) is 111 Å². The van der Waals surface area contributed by atoms with Gasteiger partial charge in [0.1, 0.15) is 0 Å². The van der Waals surface area contributed by atoms with Crippen molar-refractivity contribution in [3.8, 4) is 6.57 Å². The molecule has 0 spiro atoms. The fourth-order valence-corrected chi connectivity index (χ4v) is 4.56. The van der Waals surface area contributed by atoms with Gasteiger partial charge in [-0.15, -0.1) is 0 Å². The predicted molar refractivity (Wildman–Crippen MR) is 94.3 cm³/mol. The van der Waals surface area contributed by atoms with E-state index in [4.69, 9.17) is 5.26 Å². The average Bonchev–Trinajstić information content (AvgIpc) is 2.60. The van der Waals surface area contributed by atoms with Crippen LogP contribution in [0.15, 0.2) is 0 Å². The molecule has 0 aromatic rings. The van der Waals surface area contributed by atoms with E-state index in [9.17, 15) is 0 Å². The Morgan fingerprint density at radius 1 is 0.857 bits per heavy atom. The molecule has 1 heteroatoms. The zero-order valence-corrected chi connectivity index (χ0v) is 15.0. The van der Waals surface area contributed by atoms with Crippen LogP contribution in [0.2, 0.25) is 0 Å². The first kappa shape index (κ1) is 20.5. The summed E-state index contributed by atoms with van der Waals surface area (Å²) >= 11 is 0. The molecule has 1 nitrogen and oxygen atoms in total. The van der Waals surface area contributed by atoms with Gasteiger partial charge in [-0.3, -0.25) is 0 Å². The maximum Gasteiger partial charge on any atom is 0.0462 e. The SMILES string of the molecule is C#N.CC.CCCCCC1(C2CCCCC2)CCCCC1. The zero-order valence-electron chi connectivity index (χ0n) is 15.0. The van der Waals surface area contributed by atoms with Gasteiger partial charge < -0.3 is 0 Å². The van der Waals surface area contributed by atoms with Crippen LogP contribution in [0, 0.1) is 23.2 Å². The Kier molecular flexibility index (Phi) is 12.9. The van der Waals surface area contributed by atoms with Crippen molar-refractivity contribution in [1.82, 2.24) is 0 Å². The van der Waals surface area contributed by atoms with E-state index in [0.717, 1.165) is 11.3 Å². The summed E-state index contributed by atoms with van der Waals surface area (Å²) in [5.41, 5.74) is 0.799. The number of nitriles is 1. The van der Waals surface area contributed by atoms with Crippen molar-refractivity contribution in [3.05, 3.63) is 0 Å². The lowest BCUT2D eigenvalue weighted by atomic mass is 9.60. The molecular weight excluding hydrogens is 254 g/mol. The summed E-state index contributed by atoms with van der Waals surface area (Å²) in [6.07, 6.45) is 21.3. The van der Waals surface area contributed by atoms with Crippen LogP contribution in [0.5, 0.6) is 0 Å². The van der Waals surface area contributed by atoms with E-state index < -0.39 is 0 Å². The number of hydrogen-bond donors (Lipinski definition) is 0. The van der Waals surface area contributed by atoms with Crippen LogP contribution in [0.25, 0.3) is 0 Å². The van der Waals surface area contributed by atoms with E-state index in [1.807, 2.05) is 13.8 Å². The molecule has 0 aromatic carbocycles. The minimum atomic E-state index is 0.799. The van der Waals surface area contributed by atoms with Gasteiger partial charge >= 0.3 is 0 Å². The minimum absolute atomic E-state index is 0.799. The van der Waals surface area contributed by atoms with Crippen LogP contribution in [-0.2, 0) is 0 Å². The maximum atomic E-state index is 6.50. The third-order valence-corrected chi connectivity index (χ3v) is 5.60. The lowest BCUT2D eigenvalue weighted by Crippen LogP contribution is -2.34. The molecule has 0 bridgehead atoms. The van der Waals surface area contributed by atoms with Gasteiger partial charge in [0.05, 0.1) is 0 Å². The number of unbranched alkanes of at least 4 members (excludes halogenated alkanes) is 2. The van der Waals surface area contributed by atoms with Gasteiger partial charge in [0.2, 0.25) is 0 Å². The topological polar surface area (TPSA) is 23.8 Å². The Hall–Kier alpha value is -0.510. The molecule has 2 aliphatic rings. The Labute approximate surface area is 134 Å². The number of hydrogen-bond acceptors (Lipinski definition) is 1. The normalized spacial score (nSPS) is 21.4. The van der Waals surface area contributed by atoms with Gasteiger partial charge in [0.25, 0.3) is 0 Å². The van der Waals surface area contributed by atoms with Crippen molar-refractivity contribution in [2.24, 2.45) is 11.3 Å². The lowest BCUT2D eigenvalue weighted by Gasteiger charge is -2.46. The average molecular weight is 294 g/mol. The summed E-state index contributed by atoms with van der Waals surface area (Å²) in [7, 11) is 0. The number of nitrogens with zero attached hydrogens (tertiary/aromatic N) is 1.